The fraction of sp³-hybridized carbons (Fsp3) is 0.857. The first kappa shape index (κ1) is 13.7. The maximum Gasteiger partial charge on any atom is -0.0260 e. The Labute approximate surface area is 90.8 Å². The molecule has 0 unspecified atom stereocenters. The molecule has 0 saturated carbocycles. The fourth-order valence-corrected chi connectivity index (χ4v) is 1.52. The maximum absolute atomic E-state index is 2.37. The van der Waals surface area contributed by atoms with E-state index in [1.165, 1.54) is 6.42 Å². The molecule has 0 spiro atoms. The van der Waals surface area contributed by atoms with Gasteiger partial charge in [0.05, 0.1) is 0 Å². The van der Waals surface area contributed by atoms with Crippen molar-refractivity contribution in [2.45, 2.75) is 61.8 Å². The predicted octanol–water partition coefficient (Wildman–Crippen LogP) is 5.05. The Morgan fingerprint density at radius 1 is 1.00 bits per heavy atom. The fourth-order valence-electron chi connectivity index (χ4n) is 1.52. The van der Waals surface area contributed by atoms with Crippen LogP contribution in [-0.4, -0.2) is 0 Å². The molecule has 0 aromatic heterocycles. The van der Waals surface area contributed by atoms with E-state index in [4.69, 9.17) is 0 Å². The molecule has 0 aromatic carbocycles. The average Bonchev–Trinajstić information content (AvgIpc) is 2.01. The molecule has 14 heavy (non-hydrogen) atoms. The Kier molecular flexibility index (Phi) is 4.91. The van der Waals surface area contributed by atoms with Gasteiger partial charge in [-0.05, 0) is 37.5 Å². The van der Waals surface area contributed by atoms with Crippen molar-refractivity contribution in [3.63, 3.8) is 0 Å². The summed E-state index contributed by atoms with van der Waals surface area (Å²) in [6.07, 6.45) is 1.23. The minimum absolute atomic E-state index is 0.431. The molecule has 0 aliphatic rings. The van der Waals surface area contributed by atoms with Gasteiger partial charge in [-0.2, -0.15) is 0 Å². The van der Waals surface area contributed by atoms with Crippen LogP contribution in [0.1, 0.15) is 61.8 Å². The second-order valence-corrected chi connectivity index (χ2v) is 5.94. The molecular weight excluding hydrogens is 168 g/mol. The molecule has 0 saturated heterocycles. The summed E-state index contributed by atoms with van der Waals surface area (Å²) < 4.78 is 0. The molecule has 0 aliphatic heterocycles. The lowest BCUT2D eigenvalue weighted by atomic mass is 9.75. The van der Waals surface area contributed by atoms with Crippen LogP contribution in [0.5, 0.6) is 0 Å². The van der Waals surface area contributed by atoms with Crippen molar-refractivity contribution in [1.82, 2.24) is 0 Å². The highest BCUT2D eigenvalue weighted by atomic mass is 14.3. The highest BCUT2D eigenvalue weighted by Gasteiger charge is 2.23. The van der Waals surface area contributed by atoms with Crippen molar-refractivity contribution in [2.75, 3.05) is 0 Å². The zero-order valence-corrected chi connectivity index (χ0v) is 11.4. The first-order valence-corrected chi connectivity index (χ1v) is 5.84. The average molecular weight is 196 g/mol. The third-order valence-corrected chi connectivity index (χ3v) is 3.82. The van der Waals surface area contributed by atoms with E-state index in [2.05, 4.69) is 55.4 Å². The SMILES string of the molecule is C/C(CC(C)(C)C(C)C)=C(\C)C(C)C. The Balaban J connectivity index is 4.61. The first-order valence-electron chi connectivity index (χ1n) is 5.84. The van der Waals surface area contributed by atoms with Crippen LogP contribution in [0.25, 0.3) is 0 Å². The smallest absolute Gasteiger partial charge is 0.0260 e. The van der Waals surface area contributed by atoms with Gasteiger partial charge in [0.1, 0.15) is 0 Å². The van der Waals surface area contributed by atoms with Crippen LogP contribution >= 0.6 is 0 Å². The lowest BCUT2D eigenvalue weighted by molar-refractivity contribution is 0.246. The molecule has 0 atom stereocenters. The molecule has 84 valence electrons. The molecule has 0 rings (SSSR count). The van der Waals surface area contributed by atoms with Crippen LogP contribution in [0, 0.1) is 17.3 Å². The van der Waals surface area contributed by atoms with Crippen LogP contribution in [0.4, 0.5) is 0 Å². The Morgan fingerprint density at radius 2 is 1.43 bits per heavy atom. The van der Waals surface area contributed by atoms with E-state index in [0.29, 0.717) is 11.3 Å². The third-order valence-electron chi connectivity index (χ3n) is 3.82. The minimum atomic E-state index is 0.431. The quantitative estimate of drug-likeness (QED) is 0.552. The van der Waals surface area contributed by atoms with Gasteiger partial charge in [-0.1, -0.05) is 52.7 Å². The topological polar surface area (TPSA) is 0 Å². The zero-order valence-electron chi connectivity index (χ0n) is 11.4. The maximum atomic E-state index is 2.37. The van der Waals surface area contributed by atoms with E-state index < -0.39 is 0 Å². The van der Waals surface area contributed by atoms with Gasteiger partial charge in [-0.15, -0.1) is 0 Å². The van der Waals surface area contributed by atoms with Gasteiger partial charge in [0.25, 0.3) is 0 Å². The Morgan fingerprint density at radius 3 is 1.71 bits per heavy atom. The molecule has 0 N–H and O–H groups in total. The summed E-state index contributed by atoms with van der Waals surface area (Å²) in [5.74, 6) is 1.44. The van der Waals surface area contributed by atoms with Gasteiger partial charge in [0, 0.05) is 0 Å². The van der Waals surface area contributed by atoms with Gasteiger partial charge in [-0.3, -0.25) is 0 Å². The van der Waals surface area contributed by atoms with Crippen LogP contribution < -0.4 is 0 Å². The molecule has 0 amide bonds. The molecule has 0 fully saturated rings. The third kappa shape index (κ3) is 3.86. The van der Waals surface area contributed by atoms with Gasteiger partial charge >= 0.3 is 0 Å². The summed E-state index contributed by atoms with van der Waals surface area (Å²) in [5, 5.41) is 0. The largest absolute Gasteiger partial charge is 0.0736 e. The summed E-state index contributed by atoms with van der Waals surface area (Å²) in [6.45, 7) is 18.5. The van der Waals surface area contributed by atoms with Crippen molar-refractivity contribution in [1.29, 1.82) is 0 Å². The molecule has 0 bridgehead atoms. The number of hydrogen-bond acceptors (Lipinski definition) is 0. The summed E-state index contributed by atoms with van der Waals surface area (Å²) >= 11 is 0. The van der Waals surface area contributed by atoms with Gasteiger partial charge in [0.15, 0.2) is 0 Å². The number of allylic oxidation sites excluding steroid dienone is 2. The number of hydrogen-bond donors (Lipinski definition) is 0. The highest BCUT2D eigenvalue weighted by Crippen LogP contribution is 2.34. The van der Waals surface area contributed by atoms with Crippen molar-refractivity contribution < 1.29 is 0 Å². The Hall–Kier alpha value is -0.260. The van der Waals surface area contributed by atoms with Gasteiger partial charge in [-0.25, -0.2) is 0 Å². The number of rotatable bonds is 4. The molecule has 0 aromatic rings. The molecule has 0 aliphatic carbocycles. The van der Waals surface area contributed by atoms with E-state index in [0.717, 1.165) is 5.92 Å². The van der Waals surface area contributed by atoms with Crippen LogP contribution in [0.15, 0.2) is 11.1 Å². The normalized spacial score (nSPS) is 15.0. The minimum Gasteiger partial charge on any atom is -0.0736 e. The monoisotopic (exact) mass is 196 g/mol. The van der Waals surface area contributed by atoms with E-state index in [1.807, 2.05) is 0 Å². The van der Waals surface area contributed by atoms with E-state index in [1.54, 1.807) is 11.1 Å². The standard InChI is InChI=1S/C14H28/c1-10(2)13(6)12(5)9-14(7,8)11(3)4/h10-11H,9H2,1-8H3/b13-12-. The van der Waals surface area contributed by atoms with E-state index in [-0.39, 0.29) is 0 Å². The van der Waals surface area contributed by atoms with Crippen molar-refractivity contribution in [3.05, 3.63) is 11.1 Å². The van der Waals surface area contributed by atoms with Crippen LogP contribution in [-0.2, 0) is 0 Å². The second kappa shape index (κ2) is 5.00. The zero-order chi connectivity index (χ0) is 11.5. The first-order chi connectivity index (χ1) is 6.18. The second-order valence-electron chi connectivity index (χ2n) is 5.94. The molecular formula is C14H28. The predicted molar refractivity (Wildman–Crippen MR) is 66.4 cm³/mol. The highest BCUT2D eigenvalue weighted by molar-refractivity contribution is 5.13. The lowest BCUT2D eigenvalue weighted by Crippen LogP contribution is -2.20. The summed E-state index contributed by atoms with van der Waals surface area (Å²) in [5.41, 5.74) is 3.58. The summed E-state index contributed by atoms with van der Waals surface area (Å²) in [6, 6.07) is 0. The van der Waals surface area contributed by atoms with Crippen LogP contribution in [0.3, 0.4) is 0 Å². The van der Waals surface area contributed by atoms with Crippen LogP contribution in [0.2, 0.25) is 0 Å². The van der Waals surface area contributed by atoms with E-state index >= 15 is 0 Å². The summed E-state index contributed by atoms with van der Waals surface area (Å²) in [4.78, 5) is 0. The van der Waals surface area contributed by atoms with Crippen molar-refractivity contribution in [2.24, 2.45) is 17.3 Å². The van der Waals surface area contributed by atoms with E-state index in [9.17, 15) is 0 Å². The van der Waals surface area contributed by atoms with Gasteiger partial charge < -0.3 is 0 Å². The molecule has 0 radical (unpaired) electrons. The van der Waals surface area contributed by atoms with Crippen molar-refractivity contribution in [3.8, 4) is 0 Å². The van der Waals surface area contributed by atoms with Gasteiger partial charge in [0.2, 0.25) is 0 Å². The molecule has 0 heterocycles. The molecule has 0 heteroatoms. The Bertz CT molecular complexity index is 204. The lowest BCUT2D eigenvalue weighted by Gasteiger charge is -2.30. The van der Waals surface area contributed by atoms with Crippen molar-refractivity contribution >= 4 is 0 Å². The molecule has 0 nitrogen and oxygen atoms in total. The summed E-state index contributed by atoms with van der Waals surface area (Å²) in [7, 11) is 0.